The molecule has 0 spiro atoms. The Kier molecular flexibility index (Phi) is 4.64. The molecule has 0 saturated carbocycles. The quantitative estimate of drug-likeness (QED) is 0.772. The van der Waals surface area contributed by atoms with E-state index in [-0.39, 0.29) is 23.8 Å². The fourth-order valence-electron chi connectivity index (χ4n) is 2.49. The molecule has 0 bridgehead atoms. The van der Waals surface area contributed by atoms with Crippen molar-refractivity contribution in [3.8, 4) is 5.75 Å². The van der Waals surface area contributed by atoms with Gasteiger partial charge in [0.2, 0.25) is 5.91 Å². The number of nitrogen functional groups attached to an aromatic ring is 1. The van der Waals surface area contributed by atoms with Crippen molar-refractivity contribution >= 4 is 28.5 Å². The number of pyridine rings is 1. The van der Waals surface area contributed by atoms with Crippen LogP contribution in [0.5, 0.6) is 5.75 Å². The maximum Gasteiger partial charge on any atom is 0.339 e. The molecule has 1 aromatic heterocycles. The number of fused-ring (bicyclic) bond motifs is 1. The first kappa shape index (κ1) is 17.5. The Morgan fingerprint density at radius 1 is 1.38 bits per heavy atom. The van der Waals surface area contributed by atoms with E-state index in [0.29, 0.717) is 22.3 Å². The van der Waals surface area contributed by atoms with Gasteiger partial charge in [0, 0.05) is 7.05 Å². The first-order valence-corrected chi connectivity index (χ1v) is 7.46. The van der Waals surface area contributed by atoms with E-state index in [4.69, 9.17) is 10.5 Å². The Morgan fingerprint density at radius 3 is 2.62 bits per heavy atom. The fourth-order valence-corrected chi connectivity index (χ4v) is 2.49. The van der Waals surface area contributed by atoms with Gasteiger partial charge in [-0.05, 0) is 32.9 Å². The number of anilines is 1. The van der Waals surface area contributed by atoms with Gasteiger partial charge < -0.3 is 20.9 Å². The van der Waals surface area contributed by atoms with Crippen LogP contribution in [0.3, 0.4) is 0 Å². The van der Waals surface area contributed by atoms with Gasteiger partial charge in [-0.1, -0.05) is 6.07 Å². The first-order chi connectivity index (χ1) is 11.2. The van der Waals surface area contributed by atoms with E-state index < -0.39 is 11.4 Å². The Labute approximate surface area is 139 Å². The Bertz CT molecular complexity index is 815. The Hall–Kier alpha value is -2.83. The van der Waals surface area contributed by atoms with E-state index in [1.807, 2.05) is 0 Å². The molecule has 2 aromatic rings. The maximum absolute atomic E-state index is 11.9. The molecule has 0 aliphatic rings. The molecule has 0 unspecified atom stereocenters. The van der Waals surface area contributed by atoms with E-state index >= 15 is 0 Å². The number of hydrogen-bond acceptors (Lipinski definition) is 5. The number of carbonyl (C=O) groups is 2. The number of nitrogens with two attached hydrogens (primary N) is 1. The lowest BCUT2D eigenvalue weighted by atomic mass is 9.93. The summed E-state index contributed by atoms with van der Waals surface area (Å²) < 4.78 is 5.79. The van der Waals surface area contributed by atoms with E-state index in [1.165, 1.54) is 0 Å². The fraction of sp³-hybridized carbons (Fsp3) is 0.353. The van der Waals surface area contributed by atoms with Crippen molar-refractivity contribution < 1.29 is 19.4 Å². The molecule has 0 aliphatic carbocycles. The van der Waals surface area contributed by atoms with Crippen LogP contribution in [0, 0.1) is 12.3 Å². The third-order valence-electron chi connectivity index (χ3n) is 3.84. The summed E-state index contributed by atoms with van der Waals surface area (Å²) in [5.41, 5.74) is 6.28. The number of carbonyl (C=O) groups excluding carboxylic acids is 1. The van der Waals surface area contributed by atoms with E-state index in [1.54, 1.807) is 46.0 Å². The van der Waals surface area contributed by atoms with Crippen LogP contribution in [-0.2, 0) is 4.79 Å². The Balaban J connectivity index is 2.50. The number of aryl methyl sites for hydroxylation is 1. The van der Waals surface area contributed by atoms with Crippen LogP contribution >= 0.6 is 0 Å². The molecule has 7 heteroatoms. The van der Waals surface area contributed by atoms with Crippen LogP contribution in [0.25, 0.3) is 10.9 Å². The number of benzene rings is 1. The maximum atomic E-state index is 11.9. The number of rotatable bonds is 5. The van der Waals surface area contributed by atoms with Crippen LogP contribution < -0.4 is 15.8 Å². The summed E-state index contributed by atoms with van der Waals surface area (Å²) in [6.07, 6.45) is 0. The lowest BCUT2D eigenvalue weighted by molar-refractivity contribution is -0.130. The smallest absolute Gasteiger partial charge is 0.339 e. The molecule has 7 nitrogen and oxygen atoms in total. The number of aromatic carboxylic acids is 1. The normalized spacial score (nSPS) is 11.3. The molecule has 24 heavy (non-hydrogen) atoms. The molecule has 2 rings (SSSR count). The highest BCUT2D eigenvalue weighted by molar-refractivity contribution is 6.06. The molecule has 0 radical (unpaired) electrons. The van der Waals surface area contributed by atoms with Crippen molar-refractivity contribution in [3.05, 3.63) is 29.5 Å². The largest absolute Gasteiger partial charge is 0.492 e. The van der Waals surface area contributed by atoms with E-state index in [0.717, 1.165) is 0 Å². The van der Waals surface area contributed by atoms with Gasteiger partial charge in [0.25, 0.3) is 0 Å². The standard InChI is InChI=1S/C17H21N3O4/c1-9-12(15(21)22)14(18)13-10(20-9)6-5-7-11(13)24-8-17(2,3)16(23)19-4/h5-7H,8H2,1-4H3,(H2,18,20)(H,19,23)(H,21,22). The second kappa shape index (κ2) is 6.35. The van der Waals surface area contributed by atoms with Gasteiger partial charge in [-0.25, -0.2) is 4.79 Å². The zero-order valence-corrected chi connectivity index (χ0v) is 14.1. The Morgan fingerprint density at radius 2 is 2.04 bits per heavy atom. The number of nitrogens with zero attached hydrogens (tertiary/aromatic N) is 1. The van der Waals surface area contributed by atoms with Crippen LogP contribution in [0.15, 0.2) is 18.2 Å². The minimum Gasteiger partial charge on any atom is -0.492 e. The SMILES string of the molecule is CNC(=O)C(C)(C)COc1cccc2nc(C)c(C(=O)O)c(N)c12. The highest BCUT2D eigenvalue weighted by atomic mass is 16.5. The molecule has 128 valence electrons. The molecule has 4 N–H and O–H groups in total. The molecule has 0 fully saturated rings. The molecular formula is C17H21N3O4. The molecule has 0 aliphatic heterocycles. The highest BCUT2D eigenvalue weighted by Gasteiger charge is 2.28. The molecule has 0 atom stereocenters. The van der Waals surface area contributed by atoms with Gasteiger partial charge in [-0.15, -0.1) is 0 Å². The second-order valence-corrected chi connectivity index (χ2v) is 6.19. The molecule has 1 aromatic carbocycles. The van der Waals surface area contributed by atoms with Crippen molar-refractivity contribution in [3.63, 3.8) is 0 Å². The lowest BCUT2D eigenvalue weighted by Gasteiger charge is -2.23. The minimum atomic E-state index is -1.14. The van der Waals surface area contributed by atoms with Crippen molar-refractivity contribution in [2.45, 2.75) is 20.8 Å². The molecule has 0 saturated heterocycles. The monoisotopic (exact) mass is 331 g/mol. The lowest BCUT2D eigenvalue weighted by Crippen LogP contribution is -2.38. The zero-order valence-electron chi connectivity index (χ0n) is 14.1. The number of nitrogens with one attached hydrogen (secondary N) is 1. The topological polar surface area (TPSA) is 115 Å². The average molecular weight is 331 g/mol. The van der Waals surface area contributed by atoms with Crippen LogP contribution in [0.4, 0.5) is 5.69 Å². The van der Waals surface area contributed by atoms with Gasteiger partial charge >= 0.3 is 5.97 Å². The predicted octanol–water partition coefficient (Wildman–Crippen LogP) is 1.97. The summed E-state index contributed by atoms with van der Waals surface area (Å²) in [7, 11) is 1.56. The van der Waals surface area contributed by atoms with E-state index in [9.17, 15) is 14.7 Å². The first-order valence-electron chi connectivity index (χ1n) is 7.46. The van der Waals surface area contributed by atoms with Crippen molar-refractivity contribution in [1.82, 2.24) is 10.3 Å². The van der Waals surface area contributed by atoms with Gasteiger partial charge in [0.1, 0.15) is 17.9 Å². The minimum absolute atomic E-state index is 0.0379. The second-order valence-electron chi connectivity index (χ2n) is 6.19. The van der Waals surface area contributed by atoms with Crippen molar-refractivity contribution in [2.75, 3.05) is 19.4 Å². The summed E-state index contributed by atoms with van der Waals surface area (Å²) in [4.78, 5) is 27.6. The predicted molar refractivity (Wildman–Crippen MR) is 91.2 cm³/mol. The number of carboxylic acids is 1. The number of carboxylic acid groups (broad SMARTS) is 1. The summed E-state index contributed by atoms with van der Waals surface area (Å²) in [5, 5.41) is 12.4. The molecule has 1 heterocycles. The molecule has 1 amide bonds. The highest BCUT2D eigenvalue weighted by Crippen LogP contribution is 2.34. The van der Waals surface area contributed by atoms with Crippen molar-refractivity contribution in [1.29, 1.82) is 0 Å². The van der Waals surface area contributed by atoms with Gasteiger partial charge in [0.05, 0.1) is 27.7 Å². The van der Waals surface area contributed by atoms with Gasteiger partial charge in [-0.3, -0.25) is 9.78 Å². The average Bonchev–Trinajstić information content (AvgIpc) is 2.51. The zero-order chi connectivity index (χ0) is 18.1. The third-order valence-corrected chi connectivity index (χ3v) is 3.84. The van der Waals surface area contributed by atoms with Crippen LogP contribution in [0.1, 0.15) is 29.9 Å². The summed E-state index contributed by atoms with van der Waals surface area (Å²) >= 11 is 0. The van der Waals surface area contributed by atoms with E-state index in [2.05, 4.69) is 10.3 Å². The third kappa shape index (κ3) is 3.10. The number of aromatic nitrogens is 1. The van der Waals surface area contributed by atoms with Crippen molar-refractivity contribution in [2.24, 2.45) is 5.41 Å². The summed E-state index contributed by atoms with van der Waals surface area (Å²) in [5.74, 6) is -0.896. The molecular weight excluding hydrogens is 310 g/mol. The van der Waals surface area contributed by atoms with Crippen LogP contribution in [-0.4, -0.2) is 35.6 Å². The number of hydrogen-bond donors (Lipinski definition) is 3. The number of ether oxygens (including phenoxy) is 1. The van der Waals surface area contributed by atoms with Gasteiger partial charge in [-0.2, -0.15) is 0 Å². The number of amides is 1. The van der Waals surface area contributed by atoms with Crippen LogP contribution in [0.2, 0.25) is 0 Å². The van der Waals surface area contributed by atoms with Gasteiger partial charge in [0.15, 0.2) is 0 Å². The summed E-state index contributed by atoms with van der Waals surface area (Å²) in [6.45, 7) is 5.22. The summed E-state index contributed by atoms with van der Waals surface area (Å²) in [6, 6.07) is 5.17.